The summed E-state index contributed by atoms with van der Waals surface area (Å²) in [4.78, 5) is 16.8. The van der Waals surface area contributed by atoms with Crippen LogP contribution in [0.15, 0.2) is 34.5 Å². The van der Waals surface area contributed by atoms with Gasteiger partial charge in [-0.1, -0.05) is 45.4 Å². The number of hydrogen-bond acceptors (Lipinski definition) is 5. The summed E-state index contributed by atoms with van der Waals surface area (Å²) >= 11 is 1.30. The number of carbonyl (C=O) groups is 1. The van der Waals surface area contributed by atoms with Gasteiger partial charge in [-0.15, -0.1) is 11.3 Å². The number of nitrogens with zero attached hydrogens (tertiary/aromatic N) is 2. The summed E-state index contributed by atoms with van der Waals surface area (Å²) in [5.74, 6) is 0.283. The number of aromatic nitrogens is 1. The van der Waals surface area contributed by atoms with Crippen LogP contribution >= 0.6 is 11.3 Å². The van der Waals surface area contributed by atoms with Crippen molar-refractivity contribution in [3.8, 4) is 0 Å². The van der Waals surface area contributed by atoms with Gasteiger partial charge in [0.2, 0.25) is 10.0 Å². The fraction of sp³-hybridized carbons (Fsp3) is 0.500. The number of aryl methyl sites for hydroxylation is 1. The van der Waals surface area contributed by atoms with E-state index in [-0.39, 0.29) is 23.3 Å². The molecule has 2 rings (SSSR count). The zero-order chi connectivity index (χ0) is 20.9. The lowest BCUT2D eigenvalue weighted by Gasteiger charge is -2.23. The molecule has 154 valence electrons. The largest absolute Gasteiger partial charge is 0.350 e. The van der Waals surface area contributed by atoms with E-state index in [1.807, 2.05) is 34.6 Å². The smallest absolute Gasteiger partial charge is 0.270 e. The summed E-state index contributed by atoms with van der Waals surface area (Å²) in [6, 6.07) is 6.84. The number of rotatable bonds is 9. The monoisotopic (exact) mass is 423 g/mol. The summed E-state index contributed by atoms with van der Waals surface area (Å²) in [5.41, 5.74) is 1.34. The zero-order valence-corrected chi connectivity index (χ0v) is 18.7. The fourth-order valence-corrected chi connectivity index (χ4v) is 4.98. The van der Waals surface area contributed by atoms with Gasteiger partial charge >= 0.3 is 0 Å². The third-order valence-electron chi connectivity index (χ3n) is 3.99. The molecule has 0 unspecified atom stereocenters. The molecule has 0 aliphatic carbocycles. The van der Waals surface area contributed by atoms with Crippen molar-refractivity contribution in [3.63, 3.8) is 0 Å². The zero-order valence-electron chi connectivity index (χ0n) is 17.1. The second-order valence-corrected chi connectivity index (χ2v) is 10.6. The van der Waals surface area contributed by atoms with Gasteiger partial charge in [-0.3, -0.25) is 4.79 Å². The highest BCUT2D eigenvalue weighted by atomic mass is 32.2. The molecule has 0 saturated heterocycles. The Bertz CT molecular complexity index is 888. The molecule has 0 saturated carbocycles. The minimum atomic E-state index is -3.64. The molecule has 8 heteroatoms. The van der Waals surface area contributed by atoms with Gasteiger partial charge < -0.3 is 5.32 Å². The molecule has 0 bridgehead atoms. The molecule has 1 N–H and O–H groups in total. The van der Waals surface area contributed by atoms with Gasteiger partial charge in [0.05, 0.1) is 11.4 Å². The molecule has 0 fully saturated rings. The molecule has 28 heavy (non-hydrogen) atoms. The van der Waals surface area contributed by atoms with Gasteiger partial charge in [-0.25, -0.2) is 13.4 Å². The molecule has 0 atom stereocenters. The van der Waals surface area contributed by atoms with Gasteiger partial charge in [0, 0.05) is 18.5 Å². The van der Waals surface area contributed by atoms with E-state index in [9.17, 15) is 13.2 Å². The summed E-state index contributed by atoms with van der Waals surface area (Å²) in [5, 5.41) is 5.11. The molecule has 0 aliphatic heterocycles. The molecule has 1 amide bonds. The number of benzene rings is 1. The Balaban J connectivity index is 2.21. The quantitative estimate of drug-likeness (QED) is 0.667. The predicted octanol–water partition coefficient (Wildman–Crippen LogP) is 3.68. The van der Waals surface area contributed by atoms with Crippen molar-refractivity contribution in [1.82, 2.24) is 14.6 Å². The SMILES string of the molecule is Cc1ccc(S(=O)(=O)N(Cc2nc(C(=O)NCC(C)C)cs2)CC(C)C)cc1. The highest BCUT2D eigenvalue weighted by Gasteiger charge is 2.26. The Labute approximate surface area is 172 Å². The van der Waals surface area contributed by atoms with Crippen LogP contribution in [0.3, 0.4) is 0 Å². The van der Waals surface area contributed by atoms with E-state index in [1.54, 1.807) is 29.6 Å². The second-order valence-electron chi connectivity index (χ2n) is 7.73. The lowest BCUT2D eigenvalue weighted by molar-refractivity contribution is 0.0944. The minimum Gasteiger partial charge on any atom is -0.350 e. The maximum absolute atomic E-state index is 13.1. The van der Waals surface area contributed by atoms with Crippen LogP contribution in [0, 0.1) is 18.8 Å². The molecule has 1 aromatic heterocycles. The standard InChI is InChI=1S/C20H29N3O3S2/c1-14(2)10-21-20(24)18-13-27-19(22-18)12-23(11-15(3)4)28(25,26)17-8-6-16(5)7-9-17/h6-9,13-15H,10-12H2,1-5H3,(H,21,24). The highest BCUT2D eigenvalue weighted by Crippen LogP contribution is 2.22. The van der Waals surface area contributed by atoms with Crippen LogP contribution in [-0.4, -0.2) is 36.7 Å². The van der Waals surface area contributed by atoms with Gasteiger partial charge in [-0.05, 0) is 30.9 Å². The van der Waals surface area contributed by atoms with Gasteiger partial charge in [0.1, 0.15) is 10.7 Å². The molecule has 1 aromatic carbocycles. The van der Waals surface area contributed by atoms with Crippen LogP contribution in [0.2, 0.25) is 0 Å². The Hall–Kier alpha value is -1.77. The Morgan fingerprint density at radius 3 is 2.36 bits per heavy atom. The average Bonchev–Trinajstić information content (AvgIpc) is 3.07. The molecule has 6 nitrogen and oxygen atoms in total. The fourth-order valence-electron chi connectivity index (χ4n) is 2.54. The molecule has 0 radical (unpaired) electrons. The maximum atomic E-state index is 13.1. The topological polar surface area (TPSA) is 79.4 Å². The van der Waals surface area contributed by atoms with Crippen LogP contribution in [0.5, 0.6) is 0 Å². The summed E-state index contributed by atoms with van der Waals surface area (Å²) in [7, 11) is -3.64. The molecule has 0 spiro atoms. The first-order chi connectivity index (χ1) is 13.1. The van der Waals surface area contributed by atoms with Crippen LogP contribution < -0.4 is 5.32 Å². The minimum absolute atomic E-state index is 0.149. The van der Waals surface area contributed by atoms with E-state index in [1.165, 1.54) is 15.6 Å². The Kier molecular flexibility index (Phi) is 7.74. The van der Waals surface area contributed by atoms with Crippen molar-refractivity contribution in [2.45, 2.75) is 46.1 Å². The molecule has 1 heterocycles. The van der Waals surface area contributed by atoms with Crippen molar-refractivity contribution in [1.29, 1.82) is 0 Å². The third-order valence-corrected chi connectivity index (χ3v) is 6.65. The lowest BCUT2D eigenvalue weighted by Crippen LogP contribution is -2.34. The summed E-state index contributed by atoms with van der Waals surface area (Å²) in [6.07, 6.45) is 0. The van der Waals surface area contributed by atoms with E-state index >= 15 is 0 Å². The first-order valence-corrected chi connectivity index (χ1v) is 11.7. The third kappa shape index (κ3) is 6.12. The number of carbonyl (C=O) groups excluding carboxylic acids is 1. The van der Waals surface area contributed by atoms with Crippen molar-refractivity contribution in [2.24, 2.45) is 11.8 Å². The van der Waals surface area contributed by atoms with Crippen molar-refractivity contribution < 1.29 is 13.2 Å². The van der Waals surface area contributed by atoms with E-state index in [0.717, 1.165) is 5.56 Å². The highest BCUT2D eigenvalue weighted by molar-refractivity contribution is 7.89. The van der Waals surface area contributed by atoms with Crippen molar-refractivity contribution >= 4 is 27.3 Å². The number of nitrogens with one attached hydrogen (secondary N) is 1. The van der Waals surface area contributed by atoms with Gasteiger partial charge in [-0.2, -0.15) is 4.31 Å². The molecule has 2 aromatic rings. The van der Waals surface area contributed by atoms with Crippen LogP contribution in [0.4, 0.5) is 0 Å². The Morgan fingerprint density at radius 2 is 1.79 bits per heavy atom. The van der Waals surface area contributed by atoms with Gasteiger partial charge in [0.15, 0.2) is 0 Å². The van der Waals surface area contributed by atoms with Crippen LogP contribution in [-0.2, 0) is 16.6 Å². The first-order valence-electron chi connectivity index (χ1n) is 9.39. The first kappa shape index (κ1) is 22.5. The number of hydrogen-bond donors (Lipinski definition) is 1. The van der Waals surface area contributed by atoms with E-state index < -0.39 is 10.0 Å². The van der Waals surface area contributed by atoms with Crippen LogP contribution in [0.1, 0.15) is 48.8 Å². The normalized spacial score (nSPS) is 12.1. The lowest BCUT2D eigenvalue weighted by atomic mass is 10.2. The number of amides is 1. The van der Waals surface area contributed by atoms with E-state index in [0.29, 0.717) is 29.7 Å². The van der Waals surface area contributed by atoms with Gasteiger partial charge in [0.25, 0.3) is 5.91 Å². The van der Waals surface area contributed by atoms with E-state index in [2.05, 4.69) is 10.3 Å². The van der Waals surface area contributed by atoms with E-state index in [4.69, 9.17) is 0 Å². The molecule has 0 aliphatic rings. The summed E-state index contributed by atoms with van der Waals surface area (Å²) < 4.78 is 27.7. The van der Waals surface area contributed by atoms with Crippen molar-refractivity contribution in [3.05, 3.63) is 45.9 Å². The summed E-state index contributed by atoms with van der Waals surface area (Å²) in [6.45, 7) is 11.0. The average molecular weight is 424 g/mol. The molecular formula is C20H29N3O3S2. The number of thiazole rings is 1. The maximum Gasteiger partial charge on any atom is 0.270 e. The van der Waals surface area contributed by atoms with Crippen LogP contribution in [0.25, 0.3) is 0 Å². The number of sulfonamides is 1. The predicted molar refractivity (Wildman–Crippen MR) is 113 cm³/mol. The Morgan fingerprint density at radius 1 is 1.14 bits per heavy atom. The van der Waals surface area contributed by atoms with Crippen molar-refractivity contribution in [2.75, 3.05) is 13.1 Å². The second kappa shape index (κ2) is 9.62. The molecular weight excluding hydrogens is 394 g/mol.